The zero-order valence-corrected chi connectivity index (χ0v) is 27.4. The number of ether oxygens (including phenoxy) is 1. The van der Waals surface area contributed by atoms with E-state index in [1.807, 2.05) is 13.2 Å². The van der Waals surface area contributed by atoms with Gasteiger partial charge in [0.15, 0.2) is 12.0 Å². The van der Waals surface area contributed by atoms with E-state index in [9.17, 15) is 15.0 Å². The van der Waals surface area contributed by atoms with Crippen molar-refractivity contribution in [2.24, 2.45) is 0 Å². The van der Waals surface area contributed by atoms with Gasteiger partial charge < -0.3 is 42.0 Å². The van der Waals surface area contributed by atoms with Crippen LogP contribution in [0.25, 0.3) is 0 Å². The number of aromatic nitrogens is 1. The minimum absolute atomic E-state index is 0. The molecular formula is C29H57ClN3O5P. The summed E-state index contributed by atoms with van der Waals surface area (Å²) in [5, 5.41) is 23.8. The van der Waals surface area contributed by atoms with Crippen LogP contribution in [0.1, 0.15) is 97.1 Å². The summed E-state index contributed by atoms with van der Waals surface area (Å²) in [6.45, 7) is 11.0. The highest BCUT2D eigenvalue weighted by atomic mass is 35.5. The zero-order valence-electron chi connectivity index (χ0n) is 25.8. The van der Waals surface area contributed by atoms with Gasteiger partial charge in [-0.2, -0.15) is 0 Å². The molecule has 0 bridgehead atoms. The molecule has 8 nitrogen and oxygen atoms in total. The van der Waals surface area contributed by atoms with Gasteiger partial charge in [0.2, 0.25) is 0 Å². The molecule has 1 rings (SSSR count). The number of carbonyl (C=O) groups excluding carboxylic acids is 1. The number of hydrogen-bond donors (Lipinski definition) is 3. The third-order valence-corrected chi connectivity index (χ3v) is 12.3. The smallest absolute Gasteiger partial charge is 0.251 e. The van der Waals surface area contributed by atoms with Gasteiger partial charge in [-0.05, 0) is 46.7 Å². The number of nitrogens with zero attached hydrogens (tertiary/aromatic N) is 2. The average molecular weight is 594 g/mol. The van der Waals surface area contributed by atoms with E-state index in [0.29, 0.717) is 12.3 Å². The molecule has 0 radical (unpaired) electrons. The van der Waals surface area contributed by atoms with E-state index in [-0.39, 0.29) is 31.0 Å². The molecule has 1 aromatic heterocycles. The Morgan fingerprint density at radius 3 is 2.08 bits per heavy atom. The van der Waals surface area contributed by atoms with E-state index in [1.54, 1.807) is 19.0 Å². The first-order valence-corrected chi connectivity index (χ1v) is 17.2. The van der Waals surface area contributed by atoms with Crippen LogP contribution in [0.5, 0.6) is 0 Å². The summed E-state index contributed by atoms with van der Waals surface area (Å²) in [4.78, 5) is 19.3. The Morgan fingerprint density at radius 1 is 1.08 bits per heavy atom. The van der Waals surface area contributed by atoms with Crippen molar-refractivity contribution < 1.29 is 36.6 Å². The largest absolute Gasteiger partial charge is 1.00 e. The number of methoxy groups -OCH3 is 1. The lowest BCUT2D eigenvalue weighted by Gasteiger charge is -2.31. The van der Waals surface area contributed by atoms with Crippen LogP contribution < -0.4 is 17.7 Å². The van der Waals surface area contributed by atoms with Gasteiger partial charge >= 0.3 is 0 Å². The number of aliphatic hydroxyl groups excluding tert-OH is 2. The number of nitrogens with one attached hydrogen (secondary N) is 1. The van der Waals surface area contributed by atoms with Crippen molar-refractivity contribution in [3.05, 3.63) is 17.8 Å². The summed E-state index contributed by atoms with van der Waals surface area (Å²) in [7, 11) is 3.96. The van der Waals surface area contributed by atoms with Gasteiger partial charge in [0.25, 0.3) is 5.91 Å². The molecule has 10 heteroatoms. The van der Waals surface area contributed by atoms with Crippen LogP contribution in [0.2, 0.25) is 0 Å². The summed E-state index contributed by atoms with van der Waals surface area (Å²) < 4.78 is 11.1. The number of aliphatic hydroxyl groups is 2. The third kappa shape index (κ3) is 13.2. The maximum absolute atomic E-state index is 12.6. The molecule has 0 spiro atoms. The fourth-order valence-corrected chi connectivity index (χ4v) is 10.1. The molecule has 1 heterocycles. The van der Waals surface area contributed by atoms with E-state index in [4.69, 9.17) is 14.1 Å². The van der Waals surface area contributed by atoms with Crippen molar-refractivity contribution in [3.8, 4) is 0 Å². The zero-order chi connectivity index (χ0) is 28.7. The van der Waals surface area contributed by atoms with Crippen molar-refractivity contribution in [2.75, 3.05) is 46.3 Å². The van der Waals surface area contributed by atoms with Crippen LogP contribution in [0.4, 0.5) is 0 Å². The molecule has 0 saturated heterocycles. The first-order valence-electron chi connectivity index (χ1n) is 14.6. The van der Waals surface area contributed by atoms with Gasteiger partial charge in [-0.1, -0.05) is 47.0 Å². The van der Waals surface area contributed by atoms with Gasteiger partial charge in [0, 0.05) is 26.3 Å². The van der Waals surface area contributed by atoms with Crippen LogP contribution in [-0.2, 0) is 15.7 Å². The van der Waals surface area contributed by atoms with Crippen molar-refractivity contribution >= 4 is 13.2 Å². The van der Waals surface area contributed by atoms with E-state index in [1.165, 1.54) is 64.1 Å². The van der Waals surface area contributed by atoms with Crippen LogP contribution in [0, 0.1) is 0 Å². The summed E-state index contributed by atoms with van der Waals surface area (Å²) in [6.07, 6.45) is 12.3. The Morgan fingerprint density at radius 2 is 1.62 bits per heavy atom. The second-order valence-electron chi connectivity index (χ2n) is 11.4. The summed E-state index contributed by atoms with van der Waals surface area (Å²) >= 11 is 0. The van der Waals surface area contributed by atoms with Crippen molar-refractivity contribution in [3.63, 3.8) is 0 Å². The molecule has 0 aromatic carbocycles. The minimum atomic E-state index is -1.55. The third-order valence-electron chi connectivity index (χ3n) is 7.53. The molecule has 230 valence electrons. The number of hydrogen-bond acceptors (Lipinski definition) is 7. The van der Waals surface area contributed by atoms with Crippen molar-refractivity contribution in [2.45, 2.75) is 116 Å². The number of unbranched alkanes of at least 4 members (excludes halogenated alkanes) is 3. The normalized spacial score (nSPS) is 15.9. The molecule has 39 heavy (non-hydrogen) atoms. The maximum atomic E-state index is 12.6. The Labute approximate surface area is 244 Å². The van der Waals surface area contributed by atoms with Gasteiger partial charge in [0.1, 0.15) is 24.2 Å². The molecule has 0 saturated carbocycles. The molecule has 1 aromatic rings. The van der Waals surface area contributed by atoms with Gasteiger partial charge in [-0.15, -0.1) is 0 Å². The molecule has 1 amide bonds. The Bertz CT molecular complexity index is 760. The number of oxazole rings is 1. The SMILES string of the molecule is CCCC[P+](CCCC)(CCCC)Cc1coc([C@@H](C)C[C@@H](C)NC(=O)[C@@H](O)[C@@H](O)[C@H](COC)N(C)C)n1.[Cl-]. The molecule has 0 aliphatic rings. The number of halogens is 1. The van der Waals surface area contributed by atoms with E-state index < -0.39 is 31.4 Å². The minimum Gasteiger partial charge on any atom is -1.00 e. The predicted molar refractivity (Wildman–Crippen MR) is 158 cm³/mol. The lowest BCUT2D eigenvalue weighted by molar-refractivity contribution is -0.139. The number of rotatable bonds is 21. The molecule has 0 fully saturated rings. The topological polar surface area (TPSA) is 108 Å². The fourth-order valence-electron chi connectivity index (χ4n) is 5.13. The van der Waals surface area contributed by atoms with Crippen molar-refractivity contribution in [1.29, 1.82) is 0 Å². The molecule has 0 unspecified atom stereocenters. The monoisotopic (exact) mass is 593 g/mol. The highest BCUT2D eigenvalue weighted by Gasteiger charge is 2.37. The quantitative estimate of drug-likeness (QED) is 0.187. The highest BCUT2D eigenvalue weighted by molar-refractivity contribution is 7.75. The second-order valence-corrected chi connectivity index (χ2v) is 15.7. The molecular weight excluding hydrogens is 537 g/mol. The molecule has 0 aliphatic carbocycles. The summed E-state index contributed by atoms with van der Waals surface area (Å²) in [5.74, 6) is 0.124. The van der Waals surface area contributed by atoms with E-state index in [2.05, 4.69) is 33.0 Å². The first kappa shape index (κ1) is 38.2. The number of carbonyl (C=O) groups is 1. The van der Waals surface area contributed by atoms with Crippen LogP contribution in [-0.4, -0.2) is 96.6 Å². The average Bonchev–Trinajstić information content (AvgIpc) is 3.35. The first-order chi connectivity index (χ1) is 18.0. The van der Waals surface area contributed by atoms with E-state index >= 15 is 0 Å². The Hall–Kier alpha value is -0.760. The van der Waals surface area contributed by atoms with E-state index in [0.717, 1.165) is 11.9 Å². The second kappa shape index (κ2) is 20.2. The van der Waals surface area contributed by atoms with Crippen molar-refractivity contribution in [1.82, 2.24) is 15.2 Å². The summed E-state index contributed by atoms with van der Waals surface area (Å²) in [5.41, 5.74) is 1.08. The Balaban J connectivity index is 0.0000144. The molecule has 3 N–H and O–H groups in total. The maximum Gasteiger partial charge on any atom is 0.251 e. The standard InChI is InChI=1S/C29H56N3O5P.ClH/c1-9-12-15-38(16-13-10-2,17-14-11-3)21-24-19-37-29(31-24)22(4)18-23(5)30-28(35)27(34)26(33)25(20-36-8)32(6)7;/h19,22-23,25-27,33-34H,9-18,20-21H2,1-8H3;1H/t22-,23+,25-,26-,27-;/m0./s1. The number of likely N-dealkylation sites (N-methyl/N-ethyl adjacent to an activating group) is 1. The van der Waals surface area contributed by atoms with Crippen LogP contribution in [0.15, 0.2) is 10.7 Å². The fraction of sp³-hybridized carbons (Fsp3) is 0.862. The highest BCUT2D eigenvalue weighted by Crippen LogP contribution is 2.63. The number of amides is 1. The lowest BCUT2D eigenvalue weighted by Crippen LogP contribution is -3.00. The van der Waals surface area contributed by atoms with Gasteiger partial charge in [0.05, 0.1) is 31.1 Å². The van der Waals surface area contributed by atoms with Gasteiger partial charge in [-0.25, -0.2) is 4.98 Å². The molecule has 5 atom stereocenters. The van der Waals surface area contributed by atoms with Gasteiger partial charge in [-0.3, -0.25) is 4.79 Å². The predicted octanol–water partition coefficient (Wildman–Crippen LogP) is 1.89. The lowest BCUT2D eigenvalue weighted by atomic mass is 10.0. The van der Waals surface area contributed by atoms with Crippen LogP contribution >= 0.6 is 7.26 Å². The summed E-state index contributed by atoms with van der Waals surface area (Å²) in [6, 6.07) is -0.720. The molecule has 0 aliphatic heterocycles. The van der Waals surface area contributed by atoms with Crippen LogP contribution in [0.3, 0.4) is 0 Å². The Kier molecular flexibility index (Phi) is 19.8.